The number of pyridine rings is 1. The average Bonchev–Trinajstić information content (AvgIpc) is 2.96. The van der Waals surface area contributed by atoms with Gasteiger partial charge in [-0.3, -0.25) is 9.36 Å². The number of aromatic nitrogens is 1. The molecule has 2 heterocycles. The molecule has 2 aromatic heterocycles. The second-order valence-corrected chi connectivity index (χ2v) is 6.04. The van der Waals surface area contributed by atoms with E-state index in [2.05, 4.69) is 5.32 Å². The first-order valence-electron chi connectivity index (χ1n) is 8.16. The Bertz CT molecular complexity index is 1070. The van der Waals surface area contributed by atoms with E-state index in [1.807, 2.05) is 0 Å². The van der Waals surface area contributed by atoms with Crippen molar-refractivity contribution in [2.75, 3.05) is 11.9 Å². The number of esters is 1. The highest BCUT2D eigenvalue weighted by molar-refractivity contribution is 6.07. The Morgan fingerprint density at radius 1 is 1.35 bits per heavy atom. The molecule has 0 aliphatic rings. The van der Waals surface area contributed by atoms with E-state index >= 15 is 0 Å². The topological polar surface area (TPSA) is 73.5 Å². The fourth-order valence-electron chi connectivity index (χ4n) is 2.83. The summed E-state index contributed by atoms with van der Waals surface area (Å²) >= 11 is 0. The van der Waals surface area contributed by atoms with E-state index in [9.17, 15) is 14.0 Å². The number of hydrogen-bond donors (Lipinski definition) is 1. The summed E-state index contributed by atoms with van der Waals surface area (Å²) in [6.07, 6.45) is 1.41. The highest BCUT2D eigenvalue weighted by Crippen LogP contribution is 2.30. The minimum atomic E-state index is -0.655. The summed E-state index contributed by atoms with van der Waals surface area (Å²) in [5.41, 5.74) is 1.33. The van der Waals surface area contributed by atoms with Crippen LogP contribution in [0.2, 0.25) is 0 Å². The number of halogens is 1. The Kier molecular flexibility index (Phi) is 4.54. The van der Waals surface area contributed by atoms with Crippen molar-refractivity contribution >= 4 is 28.4 Å². The molecule has 6 nitrogen and oxygen atoms in total. The maximum absolute atomic E-state index is 14.3. The molecule has 0 atom stereocenters. The molecule has 0 aliphatic carbocycles. The molecule has 0 radical (unpaired) electrons. The highest BCUT2D eigenvalue weighted by atomic mass is 19.1. The van der Waals surface area contributed by atoms with E-state index in [4.69, 9.17) is 9.15 Å². The Morgan fingerprint density at radius 3 is 2.73 bits per heavy atom. The van der Waals surface area contributed by atoms with Crippen molar-refractivity contribution in [1.82, 2.24) is 4.57 Å². The molecule has 3 rings (SSSR count). The molecule has 7 heteroatoms. The molecule has 0 saturated heterocycles. The zero-order valence-electron chi connectivity index (χ0n) is 15.0. The number of carbonyl (C=O) groups excluding carboxylic acids is 1. The number of furan rings is 1. The zero-order valence-corrected chi connectivity index (χ0v) is 15.0. The van der Waals surface area contributed by atoms with Crippen molar-refractivity contribution in [2.45, 2.75) is 20.8 Å². The second kappa shape index (κ2) is 6.67. The van der Waals surface area contributed by atoms with Crippen LogP contribution in [-0.4, -0.2) is 17.1 Å². The first-order chi connectivity index (χ1) is 12.3. The summed E-state index contributed by atoms with van der Waals surface area (Å²) in [5.74, 6) is -1.04. The largest absolute Gasteiger partial charge is 0.463 e. The number of aryl methyl sites for hydroxylation is 2. The van der Waals surface area contributed by atoms with Gasteiger partial charge in [-0.05, 0) is 38.5 Å². The van der Waals surface area contributed by atoms with Crippen LogP contribution in [-0.2, 0) is 11.8 Å². The van der Waals surface area contributed by atoms with Gasteiger partial charge in [0.05, 0.1) is 23.9 Å². The monoisotopic (exact) mass is 358 g/mol. The van der Waals surface area contributed by atoms with Gasteiger partial charge in [-0.15, -0.1) is 0 Å². The fourth-order valence-corrected chi connectivity index (χ4v) is 2.83. The van der Waals surface area contributed by atoms with Gasteiger partial charge in [0.1, 0.15) is 17.2 Å². The summed E-state index contributed by atoms with van der Waals surface area (Å²) in [6, 6.07) is 4.63. The highest BCUT2D eigenvalue weighted by Gasteiger charge is 2.26. The number of hydrogen-bond acceptors (Lipinski definition) is 5. The molecular formula is C19H19FN2O4. The van der Waals surface area contributed by atoms with Gasteiger partial charge >= 0.3 is 5.97 Å². The standard InChI is InChI=1S/C19H19FN2O4/c1-5-25-19(24)15-16-14(11(3)9-26-16)18(23)22(4)17(15)21-13-7-6-10(2)8-12(13)20/h6-9,21H,5H2,1-4H3. The van der Waals surface area contributed by atoms with Crippen LogP contribution in [0.3, 0.4) is 0 Å². The number of nitrogens with zero attached hydrogens (tertiary/aromatic N) is 1. The third-order valence-electron chi connectivity index (χ3n) is 4.15. The molecular weight excluding hydrogens is 339 g/mol. The molecule has 0 spiro atoms. The van der Waals surface area contributed by atoms with Crippen LogP contribution in [0.15, 0.2) is 33.7 Å². The lowest BCUT2D eigenvalue weighted by atomic mass is 10.1. The number of benzene rings is 1. The molecule has 0 bridgehead atoms. The van der Waals surface area contributed by atoms with E-state index in [0.717, 1.165) is 5.56 Å². The van der Waals surface area contributed by atoms with Crippen LogP contribution in [0.1, 0.15) is 28.4 Å². The van der Waals surface area contributed by atoms with Gasteiger partial charge in [0, 0.05) is 12.6 Å². The first-order valence-corrected chi connectivity index (χ1v) is 8.16. The number of nitrogens with one attached hydrogen (secondary N) is 1. The molecule has 0 amide bonds. The fraction of sp³-hybridized carbons (Fsp3) is 0.263. The Balaban J connectivity index is 2.29. The van der Waals surface area contributed by atoms with Crippen LogP contribution < -0.4 is 10.9 Å². The summed E-state index contributed by atoms with van der Waals surface area (Å²) in [6.45, 7) is 5.32. The number of carbonyl (C=O) groups is 1. The Labute approximate surface area is 149 Å². The predicted octanol–water partition coefficient (Wildman–Crippen LogP) is 3.81. The van der Waals surface area contributed by atoms with Gasteiger partial charge in [-0.2, -0.15) is 0 Å². The van der Waals surface area contributed by atoms with Crippen LogP contribution in [0.25, 0.3) is 11.0 Å². The number of rotatable bonds is 4. The predicted molar refractivity (Wildman–Crippen MR) is 96.6 cm³/mol. The molecule has 0 fully saturated rings. The van der Waals surface area contributed by atoms with Crippen molar-refractivity contribution in [1.29, 1.82) is 0 Å². The van der Waals surface area contributed by atoms with Gasteiger partial charge in [0.25, 0.3) is 5.56 Å². The summed E-state index contributed by atoms with van der Waals surface area (Å²) in [5, 5.41) is 3.14. The van der Waals surface area contributed by atoms with Crippen molar-refractivity contribution in [3.05, 3.63) is 57.3 Å². The van der Waals surface area contributed by atoms with Gasteiger partial charge in [0.2, 0.25) is 0 Å². The maximum atomic E-state index is 14.3. The molecule has 26 heavy (non-hydrogen) atoms. The summed E-state index contributed by atoms with van der Waals surface area (Å²) < 4.78 is 26.1. The van der Waals surface area contributed by atoms with E-state index in [0.29, 0.717) is 10.9 Å². The Morgan fingerprint density at radius 2 is 2.08 bits per heavy atom. The molecule has 0 aliphatic heterocycles. The zero-order chi connectivity index (χ0) is 19.0. The third kappa shape index (κ3) is 2.85. The molecule has 136 valence electrons. The number of ether oxygens (including phenoxy) is 1. The molecule has 3 aromatic rings. The minimum absolute atomic E-state index is 0.0528. The summed E-state index contributed by atoms with van der Waals surface area (Å²) in [7, 11) is 1.51. The van der Waals surface area contributed by atoms with E-state index < -0.39 is 11.8 Å². The van der Waals surface area contributed by atoms with Gasteiger partial charge in [-0.25, -0.2) is 9.18 Å². The lowest BCUT2D eigenvalue weighted by Crippen LogP contribution is -2.24. The Hall–Kier alpha value is -3.09. The van der Waals surface area contributed by atoms with Gasteiger partial charge in [-0.1, -0.05) is 6.07 Å². The van der Waals surface area contributed by atoms with Gasteiger partial charge < -0.3 is 14.5 Å². The second-order valence-electron chi connectivity index (χ2n) is 6.04. The molecule has 0 saturated carbocycles. The molecule has 0 unspecified atom stereocenters. The van der Waals surface area contributed by atoms with Crippen LogP contribution >= 0.6 is 0 Å². The van der Waals surface area contributed by atoms with Crippen molar-refractivity contribution in [3.8, 4) is 0 Å². The molecule has 1 aromatic carbocycles. The third-order valence-corrected chi connectivity index (χ3v) is 4.15. The van der Waals surface area contributed by atoms with Gasteiger partial charge in [0.15, 0.2) is 5.58 Å². The van der Waals surface area contributed by atoms with Crippen LogP contribution in [0.5, 0.6) is 0 Å². The average molecular weight is 358 g/mol. The first kappa shape index (κ1) is 17.7. The van der Waals surface area contributed by atoms with E-state index in [1.54, 1.807) is 32.9 Å². The maximum Gasteiger partial charge on any atom is 0.345 e. The van der Waals surface area contributed by atoms with Crippen LogP contribution in [0.4, 0.5) is 15.9 Å². The number of anilines is 2. The minimum Gasteiger partial charge on any atom is -0.463 e. The normalized spacial score (nSPS) is 11.0. The smallest absolute Gasteiger partial charge is 0.345 e. The van der Waals surface area contributed by atoms with Crippen LogP contribution in [0, 0.1) is 19.7 Å². The van der Waals surface area contributed by atoms with Crippen molar-refractivity contribution in [2.24, 2.45) is 7.05 Å². The summed E-state index contributed by atoms with van der Waals surface area (Å²) in [4.78, 5) is 25.3. The quantitative estimate of drug-likeness (QED) is 0.718. The van der Waals surface area contributed by atoms with E-state index in [1.165, 1.54) is 23.9 Å². The van der Waals surface area contributed by atoms with E-state index in [-0.39, 0.29) is 34.8 Å². The lowest BCUT2D eigenvalue weighted by molar-refractivity contribution is 0.0528. The lowest BCUT2D eigenvalue weighted by Gasteiger charge is -2.16. The van der Waals surface area contributed by atoms with Crippen molar-refractivity contribution < 1.29 is 18.3 Å². The van der Waals surface area contributed by atoms with Crippen molar-refractivity contribution in [3.63, 3.8) is 0 Å². The SMILES string of the molecule is CCOC(=O)c1c(Nc2ccc(C)cc2F)n(C)c(=O)c2c(C)coc12. The molecule has 1 N–H and O–H groups in total. The number of fused-ring (bicyclic) bond motifs is 1.